The molecule has 0 fully saturated rings. The van der Waals surface area contributed by atoms with Gasteiger partial charge in [0.25, 0.3) is 17.5 Å². The van der Waals surface area contributed by atoms with Crippen LogP contribution in [-0.4, -0.2) is 43.0 Å². The Morgan fingerprint density at radius 3 is 2.49 bits per heavy atom. The molecule has 3 amide bonds. The number of fused-ring (bicyclic) bond motifs is 2. The molecule has 10 nitrogen and oxygen atoms in total. The summed E-state index contributed by atoms with van der Waals surface area (Å²) in [5.74, 6) is -1.89. The van der Waals surface area contributed by atoms with Gasteiger partial charge in [0.05, 0.1) is 10.5 Å². The summed E-state index contributed by atoms with van der Waals surface area (Å²) in [6.07, 6.45) is 1.76. The number of nitro benzene ring substituents is 1. The maximum atomic E-state index is 13.3. The summed E-state index contributed by atoms with van der Waals surface area (Å²) in [6, 6.07) is 15.6. The number of carbonyl (C=O) groups excluding carboxylic acids is 3. The molecule has 1 aliphatic rings. The van der Waals surface area contributed by atoms with E-state index in [4.69, 9.17) is 4.98 Å². The molecule has 35 heavy (non-hydrogen) atoms. The maximum Gasteiger partial charge on any atom is 0.282 e. The van der Waals surface area contributed by atoms with Crippen molar-refractivity contribution in [2.24, 2.45) is 0 Å². The van der Waals surface area contributed by atoms with Crippen molar-refractivity contribution in [3.05, 3.63) is 93.7 Å². The average molecular weight is 469 g/mol. The number of imide groups is 1. The Kier molecular flexibility index (Phi) is 5.13. The summed E-state index contributed by atoms with van der Waals surface area (Å²) >= 11 is 0. The van der Waals surface area contributed by atoms with Crippen LogP contribution in [-0.2, 0) is 4.79 Å². The van der Waals surface area contributed by atoms with Gasteiger partial charge in [-0.3, -0.25) is 33.8 Å². The number of hydrogen-bond donors (Lipinski definition) is 1. The van der Waals surface area contributed by atoms with E-state index in [-0.39, 0.29) is 11.1 Å². The molecule has 0 aliphatic carbocycles. The van der Waals surface area contributed by atoms with Crippen LogP contribution in [0.1, 0.15) is 33.2 Å². The van der Waals surface area contributed by atoms with Crippen molar-refractivity contribution >= 4 is 34.9 Å². The molecule has 0 bridgehead atoms. The minimum Gasteiger partial charge on any atom is -0.308 e. The van der Waals surface area contributed by atoms with Crippen LogP contribution >= 0.6 is 0 Å². The monoisotopic (exact) mass is 469 g/mol. The first-order valence-corrected chi connectivity index (χ1v) is 10.8. The third-order valence-corrected chi connectivity index (χ3v) is 6.02. The minimum atomic E-state index is -1.24. The number of nitrogens with one attached hydrogen (secondary N) is 1. The van der Waals surface area contributed by atoms with Crippen molar-refractivity contribution in [2.45, 2.75) is 19.9 Å². The number of pyridine rings is 1. The SMILES string of the molecule is Cc1cccn2c(NC(=O)C(C)N3C(=O)c4cccc([N+](=O)[O-])c4C3=O)c(-c3ccccc3)nc12. The van der Waals surface area contributed by atoms with Gasteiger partial charge >= 0.3 is 0 Å². The van der Waals surface area contributed by atoms with Crippen molar-refractivity contribution in [1.29, 1.82) is 0 Å². The second kappa shape index (κ2) is 8.17. The number of benzene rings is 2. The molecule has 2 aromatic heterocycles. The van der Waals surface area contributed by atoms with Crippen molar-refractivity contribution in [3.63, 3.8) is 0 Å². The Morgan fingerprint density at radius 2 is 1.77 bits per heavy atom. The Hall–Kier alpha value is -4.86. The zero-order valence-corrected chi connectivity index (χ0v) is 18.8. The largest absolute Gasteiger partial charge is 0.308 e. The van der Waals surface area contributed by atoms with Crippen LogP contribution < -0.4 is 5.32 Å². The standard InChI is InChI=1S/C25H19N5O5/c1-14-8-7-13-28-21(14)26-20(16-9-4-3-5-10-16)22(28)27-23(31)15(2)29-24(32)17-11-6-12-18(30(34)35)19(17)25(29)33/h3-13,15H,1-2H3,(H,27,31). The molecule has 1 aliphatic heterocycles. The predicted molar refractivity (Wildman–Crippen MR) is 127 cm³/mol. The fraction of sp³-hybridized carbons (Fsp3) is 0.120. The summed E-state index contributed by atoms with van der Waals surface area (Å²) in [6.45, 7) is 3.30. The fourth-order valence-electron chi connectivity index (χ4n) is 4.25. The molecule has 10 heteroatoms. The molecule has 4 aromatic rings. The van der Waals surface area contributed by atoms with Crippen LogP contribution in [0.15, 0.2) is 66.9 Å². The first kappa shape index (κ1) is 22.0. The summed E-state index contributed by atoms with van der Waals surface area (Å²) in [5, 5.41) is 14.2. The van der Waals surface area contributed by atoms with Gasteiger partial charge in [0.1, 0.15) is 28.8 Å². The average Bonchev–Trinajstić information content (AvgIpc) is 3.35. The predicted octanol–water partition coefficient (Wildman–Crippen LogP) is 3.84. The van der Waals surface area contributed by atoms with Crippen molar-refractivity contribution in [1.82, 2.24) is 14.3 Å². The van der Waals surface area contributed by atoms with Crippen LogP contribution in [0.25, 0.3) is 16.9 Å². The number of aryl methyl sites for hydroxylation is 1. The molecule has 2 aromatic carbocycles. The summed E-state index contributed by atoms with van der Waals surface area (Å²) < 4.78 is 1.73. The number of carbonyl (C=O) groups is 3. The van der Waals surface area contributed by atoms with E-state index in [0.29, 0.717) is 17.2 Å². The zero-order chi connectivity index (χ0) is 24.9. The van der Waals surface area contributed by atoms with Gasteiger partial charge in [0.15, 0.2) is 0 Å². The van der Waals surface area contributed by atoms with Gasteiger partial charge in [-0.1, -0.05) is 42.5 Å². The molecule has 5 rings (SSSR count). The third kappa shape index (κ3) is 3.43. The van der Waals surface area contributed by atoms with Gasteiger partial charge in [0, 0.05) is 17.8 Å². The van der Waals surface area contributed by atoms with E-state index < -0.39 is 34.4 Å². The van der Waals surface area contributed by atoms with Gasteiger partial charge < -0.3 is 5.32 Å². The highest BCUT2D eigenvalue weighted by Crippen LogP contribution is 2.33. The number of anilines is 1. The molecule has 1 N–H and O–H groups in total. The molecule has 0 spiro atoms. The quantitative estimate of drug-likeness (QED) is 0.269. The molecule has 3 heterocycles. The second-order valence-corrected chi connectivity index (χ2v) is 8.16. The number of nitro groups is 1. The lowest BCUT2D eigenvalue weighted by Crippen LogP contribution is -2.45. The molecule has 0 radical (unpaired) electrons. The summed E-state index contributed by atoms with van der Waals surface area (Å²) in [7, 11) is 0. The Labute approximate surface area is 199 Å². The summed E-state index contributed by atoms with van der Waals surface area (Å²) in [5.41, 5.74) is 1.96. The van der Waals surface area contributed by atoms with E-state index >= 15 is 0 Å². The fourth-order valence-corrected chi connectivity index (χ4v) is 4.25. The first-order valence-electron chi connectivity index (χ1n) is 10.8. The number of nitrogens with zero attached hydrogens (tertiary/aromatic N) is 4. The highest BCUT2D eigenvalue weighted by molar-refractivity contribution is 6.25. The number of aromatic nitrogens is 2. The van der Waals surface area contributed by atoms with Crippen LogP contribution in [0, 0.1) is 17.0 Å². The van der Waals surface area contributed by atoms with E-state index in [1.807, 2.05) is 49.4 Å². The van der Waals surface area contributed by atoms with E-state index in [9.17, 15) is 24.5 Å². The molecular weight excluding hydrogens is 450 g/mol. The van der Waals surface area contributed by atoms with E-state index in [1.54, 1.807) is 10.6 Å². The highest BCUT2D eigenvalue weighted by atomic mass is 16.6. The molecule has 1 atom stereocenters. The van der Waals surface area contributed by atoms with Crippen LogP contribution in [0.4, 0.5) is 11.5 Å². The Bertz CT molecular complexity index is 1540. The third-order valence-electron chi connectivity index (χ3n) is 6.02. The highest BCUT2D eigenvalue weighted by Gasteiger charge is 2.45. The molecular formula is C25H19N5O5. The number of rotatable bonds is 5. The van der Waals surface area contributed by atoms with Crippen LogP contribution in [0.2, 0.25) is 0 Å². The van der Waals surface area contributed by atoms with Gasteiger partial charge in [-0.05, 0) is 31.5 Å². The smallest absolute Gasteiger partial charge is 0.282 e. The van der Waals surface area contributed by atoms with Crippen LogP contribution in [0.5, 0.6) is 0 Å². The number of imidazole rings is 1. The van der Waals surface area contributed by atoms with Crippen molar-refractivity contribution in [2.75, 3.05) is 5.32 Å². The molecule has 174 valence electrons. The molecule has 0 saturated heterocycles. The van der Waals surface area contributed by atoms with Gasteiger partial charge in [-0.25, -0.2) is 4.98 Å². The lowest BCUT2D eigenvalue weighted by molar-refractivity contribution is -0.385. The molecule has 1 unspecified atom stereocenters. The Morgan fingerprint density at radius 1 is 1.03 bits per heavy atom. The zero-order valence-electron chi connectivity index (χ0n) is 18.8. The minimum absolute atomic E-state index is 0.0979. The maximum absolute atomic E-state index is 13.3. The van der Waals surface area contributed by atoms with Gasteiger partial charge in [-0.2, -0.15) is 0 Å². The summed E-state index contributed by atoms with van der Waals surface area (Å²) in [4.78, 5) is 55.5. The van der Waals surface area contributed by atoms with E-state index in [0.717, 1.165) is 22.1 Å². The second-order valence-electron chi connectivity index (χ2n) is 8.16. The normalized spacial score (nSPS) is 13.7. The number of amides is 3. The van der Waals surface area contributed by atoms with Crippen LogP contribution in [0.3, 0.4) is 0 Å². The van der Waals surface area contributed by atoms with Gasteiger partial charge in [0.2, 0.25) is 5.91 Å². The first-order chi connectivity index (χ1) is 16.8. The lowest BCUT2D eigenvalue weighted by atomic mass is 10.1. The van der Waals surface area contributed by atoms with Gasteiger partial charge in [-0.15, -0.1) is 0 Å². The molecule has 0 saturated carbocycles. The lowest BCUT2D eigenvalue weighted by Gasteiger charge is -2.21. The van der Waals surface area contributed by atoms with Crippen molar-refractivity contribution in [3.8, 4) is 11.3 Å². The van der Waals surface area contributed by atoms with E-state index in [2.05, 4.69) is 5.32 Å². The van der Waals surface area contributed by atoms with Crippen molar-refractivity contribution < 1.29 is 19.3 Å². The Balaban J connectivity index is 1.52. The topological polar surface area (TPSA) is 127 Å². The number of hydrogen-bond acceptors (Lipinski definition) is 6. The van der Waals surface area contributed by atoms with E-state index in [1.165, 1.54) is 19.1 Å².